The molecule has 0 unspecified atom stereocenters. The van der Waals surface area contributed by atoms with E-state index in [9.17, 15) is 4.39 Å². The van der Waals surface area contributed by atoms with Gasteiger partial charge in [0.15, 0.2) is 0 Å². The van der Waals surface area contributed by atoms with E-state index in [2.05, 4.69) is 10.3 Å². The molecule has 1 heterocycles. The number of pyridine rings is 1. The molecule has 0 aliphatic carbocycles. The van der Waals surface area contributed by atoms with E-state index >= 15 is 0 Å². The highest BCUT2D eigenvalue weighted by Gasteiger charge is 2.08. The van der Waals surface area contributed by atoms with Crippen molar-refractivity contribution in [3.8, 4) is 5.88 Å². The summed E-state index contributed by atoms with van der Waals surface area (Å²) >= 11 is 0. The Hall–Kier alpha value is -1.94. The molecule has 0 aliphatic heterocycles. The zero-order chi connectivity index (χ0) is 13.7. The SMILES string of the molecule is COc1ncccc1CN[C@@H](C)c1cccc(F)c1. The van der Waals surface area contributed by atoms with Gasteiger partial charge in [-0.3, -0.25) is 0 Å². The molecule has 0 spiro atoms. The van der Waals surface area contributed by atoms with E-state index in [1.807, 2.05) is 25.1 Å². The van der Waals surface area contributed by atoms with E-state index in [1.165, 1.54) is 12.1 Å². The van der Waals surface area contributed by atoms with Gasteiger partial charge in [-0.15, -0.1) is 0 Å². The monoisotopic (exact) mass is 260 g/mol. The van der Waals surface area contributed by atoms with Gasteiger partial charge in [0.05, 0.1) is 7.11 Å². The lowest BCUT2D eigenvalue weighted by Gasteiger charge is -2.15. The average molecular weight is 260 g/mol. The van der Waals surface area contributed by atoms with Crippen molar-refractivity contribution in [1.82, 2.24) is 10.3 Å². The highest BCUT2D eigenvalue weighted by molar-refractivity contribution is 5.26. The summed E-state index contributed by atoms with van der Waals surface area (Å²) in [4.78, 5) is 4.14. The van der Waals surface area contributed by atoms with Crippen molar-refractivity contribution in [3.05, 3.63) is 59.5 Å². The first-order valence-electron chi connectivity index (χ1n) is 6.17. The molecule has 2 aromatic rings. The molecule has 1 atom stereocenters. The lowest BCUT2D eigenvalue weighted by atomic mass is 10.1. The highest BCUT2D eigenvalue weighted by atomic mass is 19.1. The summed E-state index contributed by atoms with van der Waals surface area (Å²) in [5.41, 5.74) is 1.90. The van der Waals surface area contributed by atoms with Crippen LogP contribution in [0.25, 0.3) is 0 Å². The molecule has 4 heteroatoms. The third kappa shape index (κ3) is 3.51. The second kappa shape index (κ2) is 6.29. The van der Waals surface area contributed by atoms with Crippen LogP contribution in [0.4, 0.5) is 4.39 Å². The molecule has 0 radical (unpaired) electrons. The Kier molecular flexibility index (Phi) is 4.47. The summed E-state index contributed by atoms with van der Waals surface area (Å²) in [7, 11) is 1.60. The van der Waals surface area contributed by atoms with Crippen LogP contribution in [0.5, 0.6) is 5.88 Å². The van der Waals surface area contributed by atoms with Crippen molar-refractivity contribution in [2.24, 2.45) is 0 Å². The van der Waals surface area contributed by atoms with E-state index in [1.54, 1.807) is 19.4 Å². The normalized spacial score (nSPS) is 12.2. The Morgan fingerprint density at radius 2 is 2.16 bits per heavy atom. The fourth-order valence-corrected chi connectivity index (χ4v) is 1.90. The van der Waals surface area contributed by atoms with Crippen molar-refractivity contribution in [2.75, 3.05) is 7.11 Å². The molecule has 1 N–H and O–H groups in total. The fourth-order valence-electron chi connectivity index (χ4n) is 1.90. The Bertz CT molecular complexity index is 545. The summed E-state index contributed by atoms with van der Waals surface area (Å²) in [6.45, 7) is 2.62. The van der Waals surface area contributed by atoms with Gasteiger partial charge in [-0.2, -0.15) is 0 Å². The van der Waals surface area contributed by atoms with Gasteiger partial charge in [-0.1, -0.05) is 18.2 Å². The topological polar surface area (TPSA) is 34.1 Å². The van der Waals surface area contributed by atoms with Gasteiger partial charge in [0, 0.05) is 24.3 Å². The minimum atomic E-state index is -0.217. The smallest absolute Gasteiger partial charge is 0.217 e. The first kappa shape index (κ1) is 13.5. The number of nitrogens with zero attached hydrogens (tertiary/aromatic N) is 1. The van der Waals surface area contributed by atoms with Crippen LogP contribution < -0.4 is 10.1 Å². The fraction of sp³-hybridized carbons (Fsp3) is 0.267. The molecule has 3 nitrogen and oxygen atoms in total. The van der Waals surface area contributed by atoms with Crippen LogP contribution >= 0.6 is 0 Å². The van der Waals surface area contributed by atoms with Gasteiger partial charge in [-0.25, -0.2) is 9.37 Å². The van der Waals surface area contributed by atoms with Crippen molar-refractivity contribution in [1.29, 1.82) is 0 Å². The van der Waals surface area contributed by atoms with Crippen molar-refractivity contribution < 1.29 is 9.13 Å². The summed E-state index contributed by atoms with van der Waals surface area (Å²) in [6, 6.07) is 10.5. The maximum atomic E-state index is 13.2. The minimum absolute atomic E-state index is 0.0561. The third-order valence-electron chi connectivity index (χ3n) is 2.99. The number of halogens is 1. The molecular weight excluding hydrogens is 243 g/mol. The summed E-state index contributed by atoms with van der Waals surface area (Å²) in [5, 5.41) is 3.33. The van der Waals surface area contributed by atoms with Crippen LogP contribution in [-0.2, 0) is 6.54 Å². The second-order valence-corrected chi connectivity index (χ2v) is 4.33. The van der Waals surface area contributed by atoms with Gasteiger partial charge in [0.25, 0.3) is 0 Å². The molecular formula is C15H17FN2O. The van der Waals surface area contributed by atoms with Crippen LogP contribution in [0.1, 0.15) is 24.1 Å². The molecule has 100 valence electrons. The molecule has 1 aromatic carbocycles. The molecule has 2 rings (SSSR count). The highest BCUT2D eigenvalue weighted by Crippen LogP contribution is 2.17. The number of rotatable bonds is 5. The van der Waals surface area contributed by atoms with E-state index in [-0.39, 0.29) is 11.9 Å². The predicted octanol–water partition coefficient (Wildman–Crippen LogP) is 3.08. The van der Waals surface area contributed by atoms with Crippen LogP contribution in [0.15, 0.2) is 42.6 Å². The largest absolute Gasteiger partial charge is 0.481 e. The average Bonchev–Trinajstić information content (AvgIpc) is 2.45. The molecule has 19 heavy (non-hydrogen) atoms. The van der Waals surface area contributed by atoms with Gasteiger partial charge in [0.2, 0.25) is 5.88 Å². The van der Waals surface area contributed by atoms with Crippen LogP contribution in [-0.4, -0.2) is 12.1 Å². The van der Waals surface area contributed by atoms with E-state index in [0.717, 1.165) is 11.1 Å². The van der Waals surface area contributed by atoms with Gasteiger partial charge in [0.1, 0.15) is 5.82 Å². The maximum absolute atomic E-state index is 13.2. The zero-order valence-electron chi connectivity index (χ0n) is 11.1. The summed E-state index contributed by atoms with van der Waals surface area (Å²) < 4.78 is 18.3. The Morgan fingerprint density at radius 3 is 2.89 bits per heavy atom. The summed E-state index contributed by atoms with van der Waals surface area (Å²) in [6.07, 6.45) is 1.69. The second-order valence-electron chi connectivity index (χ2n) is 4.33. The van der Waals surface area contributed by atoms with Crippen molar-refractivity contribution in [2.45, 2.75) is 19.5 Å². The lowest BCUT2D eigenvalue weighted by Crippen LogP contribution is -2.18. The first-order valence-corrected chi connectivity index (χ1v) is 6.17. The molecule has 0 saturated carbocycles. The molecule has 0 saturated heterocycles. The molecule has 0 aliphatic rings. The number of benzene rings is 1. The maximum Gasteiger partial charge on any atom is 0.217 e. The summed E-state index contributed by atoms with van der Waals surface area (Å²) in [5.74, 6) is 0.395. The Morgan fingerprint density at radius 1 is 1.32 bits per heavy atom. The minimum Gasteiger partial charge on any atom is -0.481 e. The molecule has 0 amide bonds. The van der Waals surface area contributed by atoms with Crippen LogP contribution in [0.2, 0.25) is 0 Å². The number of hydrogen-bond donors (Lipinski definition) is 1. The number of aromatic nitrogens is 1. The Labute approximate surface area is 112 Å². The quantitative estimate of drug-likeness (QED) is 0.897. The van der Waals surface area contributed by atoms with E-state index in [0.29, 0.717) is 12.4 Å². The standard InChI is InChI=1S/C15H17FN2O/c1-11(12-5-3-7-14(16)9-12)18-10-13-6-4-8-17-15(13)19-2/h3-9,11,18H,10H2,1-2H3/t11-/m0/s1. The molecule has 0 fully saturated rings. The predicted molar refractivity (Wildman–Crippen MR) is 72.4 cm³/mol. The van der Waals surface area contributed by atoms with Crippen LogP contribution in [0.3, 0.4) is 0 Å². The van der Waals surface area contributed by atoms with Crippen LogP contribution in [0, 0.1) is 5.82 Å². The number of methoxy groups -OCH3 is 1. The Balaban J connectivity index is 2.02. The van der Waals surface area contributed by atoms with Gasteiger partial charge in [-0.05, 0) is 30.7 Å². The number of hydrogen-bond acceptors (Lipinski definition) is 3. The van der Waals surface area contributed by atoms with Crippen molar-refractivity contribution >= 4 is 0 Å². The van der Waals surface area contributed by atoms with Gasteiger partial charge < -0.3 is 10.1 Å². The van der Waals surface area contributed by atoms with E-state index in [4.69, 9.17) is 4.74 Å². The zero-order valence-corrected chi connectivity index (χ0v) is 11.1. The number of ether oxygens (including phenoxy) is 1. The van der Waals surface area contributed by atoms with Gasteiger partial charge >= 0.3 is 0 Å². The number of nitrogens with one attached hydrogen (secondary N) is 1. The van der Waals surface area contributed by atoms with E-state index < -0.39 is 0 Å². The first-order chi connectivity index (χ1) is 9.20. The third-order valence-corrected chi connectivity index (χ3v) is 2.99. The lowest BCUT2D eigenvalue weighted by molar-refractivity contribution is 0.389. The molecule has 1 aromatic heterocycles. The molecule has 0 bridgehead atoms. The van der Waals surface area contributed by atoms with Crippen molar-refractivity contribution in [3.63, 3.8) is 0 Å².